The van der Waals surface area contributed by atoms with Crippen LogP contribution in [0.5, 0.6) is 11.5 Å². The summed E-state index contributed by atoms with van der Waals surface area (Å²) in [6.07, 6.45) is 3.41. The second-order valence-electron chi connectivity index (χ2n) is 7.60. The zero-order valence-corrected chi connectivity index (χ0v) is 18.9. The number of ether oxygens (including phenoxy) is 2. The summed E-state index contributed by atoms with van der Waals surface area (Å²) in [5.74, 6) is 0.327. The van der Waals surface area contributed by atoms with Crippen LogP contribution >= 0.6 is 0 Å². The van der Waals surface area contributed by atoms with E-state index in [0.717, 1.165) is 17.1 Å². The van der Waals surface area contributed by atoms with E-state index in [9.17, 15) is 13.6 Å². The molecule has 2 aromatic heterocycles. The third-order valence-electron chi connectivity index (χ3n) is 5.43. The number of rotatable bonds is 7. The number of hydrogen-bond acceptors (Lipinski definition) is 4. The monoisotopic (exact) mass is 463 g/mol. The molecule has 2 heterocycles. The number of amides is 1. The number of aryl methyl sites for hydroxylation is 1. The van der Waals surface area contributed by atoms with Crippen molar-refractivity contribution in [3.63, 3.8) is 0 Å². The first kappa shape index (κ1) is 23.0. The van der Waals surface area contributed by atoms with E-state index < -0.39 is 6.61 Å². The van der Waals surface area contributed by atoms with Crippen LogP contribution in [0.1, 0.15) is 21.7 Å². The average molecular weight is 463 g/mol. The van der Waals surface area contributed by atoms with Crippen molar-refractivity contribution in [2.75, 3.05) is 12.4 Å². The van der Waals surface area contributed by atoms with Crippen molar-refractivity contribution in [1.29, 1.82) is 0 Å². The quantitative estimate of drug-likeness (QED) is 0.364. The summed E-state index contributed by atoms with van der Waals surface area (Å²) in [6.45, 7) is 0.794. The molecule has 1 N–H and O–H groups in total. The van der Waals surface area contributed by atoms with E-state index in [0.29, 0.717) is 28.1 Å². The maximum absolute atomic E-state index is 13.1. The van der Waals surface area contributed by atoms with Crippen molar-refractivity contribution in [1.82, 2.24) is 9.55 Å². The maximum Gasteiger partial charge on any atom is 0.387 e. The minimum absolute atomic E-state index is 0.00733. The fraction of sp³-hybridized carbons (Fsp3) is 0.154. The zero-order chi connectivity index (χ0) is 24.2. The van der Waals surface area contributed by atoms with Crippen molar-refractivity contribution in [2.24, 2.45) is 0 Å². The lowest BCUT2D eigenvalue weighted by Gasteiger charge is -2.14. The Kier molecular flexibility index (Phi) is 6.58. The number of methoxy groups -OCH3 is 1. The molecule has 6 nitrogen and oxygen atoms in total. The van der Waals surface area contributed by atoms with Crippen LogP contribution in [-0.2, 0) is 0 Å². The van der Waals surface area contributed by atoms with Crippen LogP contribution in [0, 0.1) is 13.8 Å². The van der Waals surface area contributed by atoms with E-state index in [2.05, 4.69) is 10.3 Å². The molecule has 0 radical (unpaired) electrons. The average Bonchev–Trinajstić information content (AvgIpc) is 3.14. The number of nitrogens with zero attached hydrogens (tertiary/aromatic N) is 2. The number of alkyl halides is 2. The van der Waals surface area contributed by atoms with Crippen molar-refractivity contribution < 1.29 is 23.0 Å². The van der Waals surface area contributed by atoms with Gasteiger partial charge >= 0.3 is 6.61 Å². The Morgan fingerprint density at radius 3 is 2.47 bits per heavy atom. The highest BCUT2D eigenvalue weighted by molar-refractivity contribution is 6.05. The summed E-state index contributed by atoms with van der Waals surface area (Å²) in [4.78, 5) is 17.3. The highest BCUT2D eigenvalue weighted by Crippen LogP contribution is 2.35. The number of nitrogens with one attached hydrogen (secondary N) is 1. The molecule has 0 fully saturated rings. The number of benzene rings is 2. The van der Waals surface area contributed by atoms with Crippen molar-refractivity contribution in [3.05, 3.63) is 90.0 Å². The van der Waals surface area contributed by atoms with Gasteiger partial charge in [-0.2, -0.15) is 8.78 Å². The maximum atomic E-state index is 13.1. The van der Waals surface area contributed by atoms with Crippen LogP contribution in [0.25, 0.3) is 16.8 Å². The molecule has 0 aliphatic carbocycles. The third-order valence-corrected chi connectivity index (χ3v) is 5.43. The van der Waals surface area contributed by atoms with E-state index in [4.69, 9.17) is 9.47 Å². The number of pyridine rings is 1. The number of halogens is 2. The normalized spacial score (nSPS) is 10.9. The molecule has 0 atom stereocenters. The Morgan fingerprint density at radius 2 is 1.82 bits per heavy atom. The summed E-state index contributed by atoms with van der Waals surface area (Å²) in [5.41, 5.74) is 4.51. The van der Waals surface area contributed by atoms with E-state index in [1.807, 2.05) is 30.5 Å². The molecule has 0 saturated carbocycles. The topological polar surface area (TPSA) is 65.4 Å². The number of anilines is 1. The smallest absolute Gasteiger partial charge is 0.387 e. The van der Waals surface area contributed by atoms with Gasteiger partial charge in [-0.25, -0.2) is 0 Å². The van der Waals surface area contributed by atoms with E-state index in [1.165, 1.54) is 12.1 Å². The summed E-state index contributed by atoms with van der Waals surface area (Å²) in [5, 5.41) is 2.87. The van der Waals surface area contributed by atoms with Gasteiger partial charge in [0.25, 0.3) is 5.91 Å². The lowest BCUT2D eigenvalue weighted by atomic mass is 10.0. The molecule has 0 saturated heterocycles. The Hall–Kier alpha value is -4.20. The molecule has 8 heteroatoms. The molecule has 0 aliphatic heterocycles. The van der Waals surface area contributed by atoms with E-state index in [1.54, 1.807) is 55.9 Å². The minimum atomic E-state index is -2.98. The standard InChI is InChI=1S/C26H23F2N3O3/c1-16-13-22(17(2)31(16)20-5-4-12-29-15-20)25(32)30-19-8-11-24(34-26(27)28)23(14-19)18-6-9-21(33-3)10-7-18/h4-15,26H,1-3H3,(H,30,32). The van der Waals surface area contributed by atoms with Gasteiger partial charge in [-0.1, -0.05) is 12.1 Å². The number of carbonyl (C=O) groups is 1. The highest BCUT2D eigenvalue weighted by atomic mass is 19.3. The lowest BCUT2D eigenvalue weighted by Crippen LogP contribution is -2.13. The molecule has 0 spiro atoms. The van der Waals surface area contributed by atoms with E-state index in [-0.39, 0.29) is 11.7 Å². The zero-order valence-electron chi connectivity index (χ0n) is 18.9. The molecule has 2 aromatic carbocycles. The molecule has 34 heavy (non-hydrogen) atoms. The molecular weight excluding hydrogens is 440 g/mol. The fourth-order valence-corrected chi connectivity index (χ4v) is 3.88. The first-order valence-electron chi connectivity index (χ1n) is 10.5. The molecular formula is C26H23F2N3O3. The molecule has 1 amide bonds. The van der Waals surface area contributed by atoms with Gasteiger partial charge in [-0.15, -0.1) is 0 Å². The second-order valence-corrected chi connectivity index (χ2v) is 7.60. The Balaban J connectivity index is 1.66. The van der Waals surface area contributed by atoms with Gasteiger partial charge in [0.05, 0.1) is 24.6 Å². The van der Waals surface area contributed by atoms with Crippen LogP contribution < -0.4 is 14.8 Å². The van der Waals surface area contributed by atoms with Crippen molar-refractivity contribution >= 4 is 11.6 Å². The van der Waals surface area contributed by atoms with Crippen LogP contribution in [0.2, 0.25) is 0 Å². The van der Waals surface area contributed by atoms with Gasteiger partial charge in [0.15, 0.2) is 0 Å². The SMILES string of the molecule is COc1ccc(-c2cc(NC(=O)c3cc(C)n(-c4cccnc4)c3C)ccc2OC(F)F)cc1. The third kappa shape index (κ3) is 4.76. The van der Waals surface area contributed by atoms with Crippen LogP contribution in [0.15, 0.2) is 73.1 Å². The largest absolute Gasteiger partial charge is 0.497 e. The van der Waals surface area contributed by atoms with Gasteiger partial charge < -0.3 is 19.4 Å². The van der Waals surface area contributed by atoms with Gasteiger partial charge in [-0.3, -0.25) is 9.78 Å². The molecule has 0 unspecified atom stereocenters. The molecule has 0 bridgehead atoms. The summed E-state index contributed by atoms with van der Waals surface area (Å²) in [6, 6.07) is 17.0. The lowest BCUT2D eigenvalue weighted by molar-refractivity contribution is -0.0494. The Labute approximate surface area is 195 Å². The van der Waals surface area contributed by atoms with E-state index >= 15 is 0 Å². The predicted molar refractivity (Wildman–Crippen MR) is 126 cm³/mol. The predicted octanol–water partition coefficient (Wildman–Crippen LogP) is 6.02. The van der Waals surface area contributed by atoms with Gasteiger partial charge in [0, 0.05) is 28.8 Å². The fourth-order valence-electron chi connectivity index (χ4n) is 3.88. The van der Waals surface area contributed by atoms with Gasteiger partial charge in [-0.05, 0) is 67.9 Å². The number of carbonyl (C=O) groups excluding carboxylic acids is 1. The summed E-state index contributed by atoms with van der Waals surface area (Å²) < 4.78 is 37.8. The second kappa shape index (κ2) is 9.74. The highest BCUT2D eigenvalue weighted by Gasteiger charge is 2.18. The first-order valence-corrected chi connectivity index (χ1v) is 10.5. The number of aromatic nitrogens is 2. The number of hydrogen-bond donors (Lipinski definition) is 1. The molecule has 174 valence electrons. The van der Waals surface area contributed by atoms with Crippen LogP contribution in [0.4, 0.5) is 14.5 Å². The summed E-state index contributed by atoms with van der Waals surface area (Å²) >= 11 is 0. The van der Waals surface area contributed by atoms with Crippen LogP contribution in [0.3, 0.4) is 0 Å². The Bertz CT molecular complexity index is 1300. The van der Waals surface area contributed by atoms with Gasteiger partial charge in [0.1, 0.15) is 11.5 Å². The molecule has 4 aromatic rings. The minimum Gasteiger partial charge on any atom is -0.497 e. The molecule has 4 rings (SSSR count). The van der Waals surface area contributed by atoms with Gasteiger partial charge in [0.2, 0.25) is 0 Å². The first-order chi connectivity index (χ1) is 16.4. The molecule has 0 aliphatic rings. The Morgan fingerprint density at radius 1 is 1.06 bits per heavy atom. The van der Waals surface area contributed by atoms with Crippen molar-refractivity contribution in [3.8, 4) is 28.3 Å². The van der Waals surface area contributed by atoms with Crippen molar-refractivity contribution in [2.45, 2.75) is 20.5 Å². The van der Waals surface area contributed by atoms with Crippen LogP contribution in [-0.4, -0.2) is 29.2 Å². The summed E-state index contributed by atoms with van der Waals surface area (Å²) in [7, 11) is 1.54.